The minimum absolute atomic E-state index is 0.000330. The average Bonchev–Trinajstić information content (AvgIpc) is 2.34. The van der Waals surface area contributed by atoms with Gasteiger partial charge in [0.2, 0.25) is 0 Å². The molecule has 0 aromatic carbocycles. The maximum Gasteiger partial charge on any atom is 0.337 e. The second kappa shape index (κ2) is 6.77. The SMILES string of the molecule is COCCN(CCO)c1nccc(C(=O)O)c1N. The predicted octanol–water partition coefficient (Wildman–Crippen LogP) is -0.193. The van der Waals surface area contributed by atoms with E-state index in [-0.39, 0.29) is 17.9 Å². The molecule has 0 unspecified atom stereocenters. The van der Waals surface area contributed by atoms with Gasteiger partial charge in [-0.3, -0.25) is 0 Å². The van der Waals surface area contributed by atoms with Crippen LogP contribution in [0.3, 0.4) is 0 Å². The Morgan fingerprint density at radius 2 is 2.28 bits per heavy atom. The Morgan fingerprint density at radius 3 is 2.83 bits per heavy atom. The van der Waals surface area contributed by atoms with Gasteiger partial charge in [-0.15, -0.1) is 0 Å². The number of carboxylic acid groups (broad SMARTS) is 1. The van der Waals surface area contributed by atoms with E-state index in [4.69, 9.17) is 20.7 Å². The number of rotatable bonds is 7. The Balaban J connectivity index is 3.03. The number of aromatic nitrogens is 1. The molecule has 7 nitrogen and oxygen atoms in total. The number of anilines is 2. The second-order valence-electron chi connectivity index (χ2n) is 3.60. The van der Waals surface area contributed by atoms with Gasteiger partial charge < -0.3 is 25.6 Å². The van der Waals surface area contributed by atoms with E-state index in [0.717, 1.165) is 0 Å². The topological polar surface area (TPSA) is 109 Å². The lowest BCUT2D eigenvalue weighted by molar-refractivity contribution is 0.0698. The molecule has 0 atom stereocenters. The molecular formula is C11H17N3O4. The van der Waals surface area contributed by atoms with Crippen LogP contribution < -0.4 is 10.6 Å². The summed E-state index contributed by atoms with van der Waals surface area (Å²) in [7, 11) is 1.56. The standard InChI is InChI=1S/C11H17N3O4/c1-18-7-5-14(4-6-15)10-9(12)8(11(16)17)2-3-13-10/h2-3,15H,4-7,12H2,1H3,(H,16,17). The first-order chi connectivity index (χ1) is 8.61. The van der Waals surface area contributed by atoms with Crippen LogP contribution in [0.15, 0.2) is 12.3 Å². The van der Waals surface area contributed by atoms with Gasteiger partial charge in [0.1, 0.15) is 0 Å². The van der Waals surface area contributed by atoms with Crippen LogP contribution >= 0.6 is 0 Å². The molecule has 0 aliphatic heterocycles. The number of methoxy groups -OCH3 is 1. The van der Waals surface area contributed by atoms with Crippen LogP contribution in [-0.2, 0) is 4.74 Å². The fraction of sp³-hybridized carbons (Fsp3) is 0.455. The van der Waals surface area contributed by atoms with Crippen molar-refractivity contribution in [3.63, 3.8) is 0 Å². The van der Waals surface area contributed by atoms with Crippen molar-refractivity contribution >= 4 is 17.5 Å². The number of nitrogens with two attached hydrogens (primary N) is 1. The molecule has 0 aliphatic rings. The van der Waals surface area contributed by atoms with E-state index in [9.17, 15) is 4.79 Å². The molecule has 0 saturated heterocycles. The highest BCUT2D eigenvalue weighted by Gasteiger charge is 2.16. The van der Waals surface area contributed by atoms with E-state index in [1.54, 1.807) is 12.0 Å². The number of carboxylic acids is 1. The molecule has 1 aromatic heterocycles. The largest absolute Gasteiger partial charge is 0.478 e. The zero-order chi connectivity index (χ0) is 13.5. The lowest BCUT2D eigenvalue weighted by atomic mass is 10.2. The van der Waals surface area contributed by atoms with Gasteiger partial charge in [-0.1, -0.05) is 0 Å². The van der Waals surface area contributed by atoms with E-state index < -0.39 is 5.97 Å². The van der Waals surface area contributed by atoms with Crippen molar-refractivity contribution in [3.05, 3.63) is 17.8 Å². The molecular weight excluding hydrogens is 238 g/mol. The third-order valence-corrected chi connectivity index (χ3v) is 2.43. The summed E-state index contributed by atoms with van der Waals surface area (Å²) >= 11 is 0. The minimum Gasteiger partial charge on any atom is -0.478 e. The Morgan fingerprint density at radius 1 is 1.56 bits per heavy atom. The van der Waals surface area contributed by atoms with E-state index in [2.05, 4.69) is 4.98 Å². The number of nitrogen functional groups attached to an aromatic ring is 1. The lowest BCUT2D eigenvalue weighted by Gasteiger charge is -2.24. The number of carbonyl (C=O) groups is 1. The van der Waals surface area contributed by atoms with Crippen molar-refractivity contribution in [3.8, 4) is 0 Å². The molecule has 4 N–H and O–H groups in total. The Bertz CT molecular complexity index is 411. The summed E-state index contributed by atoms with van der Waals surface area (Å²) in [6.45, 7) is 1.13. The van der Waals surface area contributed by atoms with E-state index in [0.29, 0.717) is 25.5 Å². The number of aliphatic hydroxyl groups is 1. The maximum atomic E-state index is 11.0. The van der Waals surface area contributed by atoms with E-state index in [1.807, 2.05) is 0 Å². The van der Waals surface area contributed by atoms with Gasteiger partial charge in [-0.05, 0) is 6.07 Å². The van der Waals surface area contributed by atoms with Crippen LogP contribution in [0.4, 0.5) is 11.5 Å². The Kier molecular flexibility index (Phi) is 5.34. The third kappa shape index (κ3) is 3.31. The van der Waals surface area contributed by atoms with Crippen LogP contribution in [0, 0.1) is 0 Å². The number of aromatic carboxylic acids is 1. The lowest BCUT2D eigenvalue weighted by Crippen LogP contribution is -2.32. The van der Waals surface area contributed by atoms with Gasteiger partial charge in [0.05, 0.1) is 24.5 Å². The first-order valence-corrected chi connectivity index (χ1v) is 5.44. The molecule has 100 valence electrons. The second-order valence-corrected chi connectivity index (χ2v) is 3.60. The molecule has 0 aliphatic carbocycles. The summed E-state index contributed by atoms with van der Waals surface area (Å²) in [4.78, 5) is 16.7. The van der Waals surface area contributed by atoms with Gasteiger partial charge in [-0.25, -0.2) is 9.78 Å². The van der Waals surface area contributed by atoms with Gasteiger partial charge in [0, 0.05) is 26.4 Å². The molecule has 0 amide bonds. The van der Waals surface area contributed by atoms with Crippen molar-refractivity contribution in [2.45, 2.75) is 0 Å². The number of pyridine rings is 1. The molecule has 7 heteroatoms. The van der Waals surface area contributed by atoms with Gasteiger partial charge in [-0.2, -0.15) is 0 Å². The van der Waals surface area contributed by atoms with Crippen molar-refractivity contribution < 1.29 is 19.7 Å². The third-order valence-electron chi connectivity index (χ3n) is 2.43. The average molecular weight is 255 g/mol. The minimum atomic E-state index is -1.10. The Hall–Kier alpha value is -1.86. The summed E-state index contributed by atoms with van der Waals surface area (Å²) in [5, 5.41) is 18.0. The highest BCUT2D eigenvalue weighted by molar-refractivity contribution is 5.96. The van der Waals surface area contributed by atoms with Crippen molar-refractivity contribution in [1.29, 1.82) is 0 Å². The quantitative estimate of drug-likeness (QED) is 0.619. The van der Waals surface area contributed by atoms with Crippen LogP contribution in [-0.4, -0.2) is 54.6 Å². The number of hydrogen-bond donors (Lipinski definition) is 3. The molecule has 0 spiro atoms. The van der Waals surface area contributed by atoms with Gasteiger partial charge in [0.25, 0.3) is 0 Å². The summed E-state index contributed by atoms with van der Waals surface area (Å²) in [5.41, 5.74) is 5.87. The molecule has 0 fully saturated rings. The summed E-state index contributed by atoms with van der Waals surface area (Å²) in [6.07, 6.45) is 1.38. The number of nitrogens with zero attached hydrogens (tertiary/aromatic N) is 2. The normalized spacial score (nSPS) is 10.3. The monoisotopic (exact) mass is 255 g/mol. The summed E-state index contributed by atoms with van der Waals surface area (Å²) in [5.74, 6) is -0.757. The van der Waals surface area contributed by atoms with Gasteiger partial charge in [0.15, 0.2) is 5.82 Å². The summed E-state index contributed by atoms with van der Waals surface area (Å²) < 4.78 is 4.95. The molecule has 1 aromatic rings. The van der Waals surface area contributed by atoms with E-state index in [1.165, 1.54) is 12.3 Å². The Labute approximate surface area is 105 Å². The number of hydrogen-bond acceptors (Lipinski definition) is 6. The first-order valence-electron chi connectivity index (χ1n) is 5.44. The predicted molar refractivity (Wildman–Crippen MR) is 66.8 cm³/mol. The highest BCUT2D eigenvalue weighted by Crippen LogP contribution is 2.23. The molecule has 0 bridgehead atoms. The number of ether oxygens (including phenoxy) is 1. The fourth-order valence-corrected chi connectivity index (χ4v) is 1.55. The van der Waals surface area contributed by atoms with Gasteiger partial charge >= 0.3 is 5.97 Å². The highest BCUT2D eigenvalue weighted by atomic mass is 16.5. The zero-order valence-corrected chi connectivity index (χ0v) is 10.2. The molecule has 1 heterocycles. The molecule has 18 heavy (non-hydrogen) atoms. The maximum absolute atomic E-state index is 11.0. The van der Waals surface area contributed by atoms with Crippen LogP contribution in [0.25, 0.3) is 0 Å². The fourth-order valence-electron chi connectivity index (χ4n) is 1.55. The zero-order valence-electron chi connectivity index (χ0n) is 10.2. The van der Waals surface area contributed by atoms with Crippen molar-refractivity contribution in [1.82, 2.24) is 4.98 Å². The van der Waals surface area contributed by atoms with E-state index >= 15 is 0 Å². The molecule has 0 radical (unpaired) electrons. The first kappa shape index (κ1) is 14.2. The number of aliphatic hydroxyl groups excluding tert-OH is 1. The van der Waals surface area contributed by atoms with Crippen LogP contribution in [0.1, 0.15) is 10.4 Å². The molecule has 0 saturated carbocycles. The van der Waals surface area contributed by atoms with Crippen molar-refractivity contribution in [2.75, 3.05) is 44.0 Å². The summed E-state index contributed by atoms with van der Waals surface area (Å²) in [6, 6.07) is 1.34. The smallest absolute Gasteiger partial charge is 0.337 e. The van der Waals surface area contributed by atoms with Crippen molar-refractivity contribution in [2.24, 2.45) is 0 Å². The van der Waals surface area contributed by atoms with Crippen LogP contribution in [0.5, 0.6) is 0 Å². The molecule has 1 rings (SSSR count). The van der Waals surface area contributed by atoms with Crippen LogP contribution in [0.2, 0.25) is 0 Å².